The fraction of sp³-hybridized carbons (Fsp3) is 0.300. The van der Waals surface area contributed by atoms with Crippen molar-refractivity contribution >= 4 is 23.6 Å². The number of unbranched alkanes of at least 4 members (excludes halogenated alkanes) is 1. The molecule has 0 spiro atoms. The standard InChI is InChI=1S/C20H24N2O4S/c1-3-4-12-26-17-11-10-15(13-18(17)25-2)20(24)22-21-19(23)14-27-16-8-6-5-7-9-16/h5-11,13H,3-4,12,14H2,1-2H3,(H,21,23)(H,22,24). The zero-order valence-electron chi connectivity index (χ0n) is 15.5. The molecule has 2 aromatic rings. The van der Waals surface area contributed by atoms with Crippen LogP contribution in [0, 0.1) is 0 Å². The molecule has 2 N–H and O–H groups in total. The summed E-state index contributed by atoms with van der Waals surface area (Å²) in [5, 5.41) is 0. The largest absolute Gasteiger partial charge is 0.493 e. The first-order valence-corrected chi connectivity index (χ1v) is 9.70. The molecule has 2 amide bonds. The molecule has 0 unspecified atom stereocenters. The fourth-order valence-corrected chi connectivity index (χ4v) is 2.87. The van der Waals surface area contributed by atoms with Crippen LogP contribution >= 0.6 is 11.8 Å². The van der Waals surface area contributed by atoms with Crippen molar-refractivity contribution < 1.29 is 19.1 Å². The van der Waals surface area contributed by atoms with Gasteiger partial charge in [0.2, 0.25) is 5.91 Å². The van der Waals surface area contributed by atoms with E-state index in [9.17, 15) is 9.59 Å². The van der Waals surface area contributed by atoms with Crippen LogP contribution in [0.4, 0.5) is 0 Å². The Morgan fingerprint density at radius 1 is 1.04 bits per heavy atom. The summed E-state index contributed by atoms with van der Waals surface area (Å²) < 4.78 is 10.9. The second-order valence-corrected chi connectivity index (χ2v) is 6.72. The highest BCUT2D eigenvalue weighted by Gasteiger charge is 2.12. The normalized spacial score (nSPS) is 10.1. The molecule has 0 heterocycles. The van der Waals surface area contributed by atoms with Gasteiger partial charge in [0.05, 0.1) is 19.5 Å². The molecule has 0 atom stereocenters. The maximum Gasteiger partial charge on any atom is 0.269 e. The second kappa shape index (κ2) is 11.1. The van der Waals surface area contributed by atoms with Gasteiger partial charge in [-0.2, -0.15) is 0 Å². The lowest BCUT2D eigenvalue weighted by molar-refractivity contribution is -0.119. The van der Waals surface area contributed by atoms with Gasteiger partial charge in [-0.15, -0.1) is 11.8 Å². The maximum atomic E-state index is 12.2. The third-order valence-corrected chi connectivity index (χ3v) is 4.62. The van der Waals surface area contributed by atoms with E-state index in [2.05, 4.69) is 17.8 Å². The Labute approximate surface area is 163 Å². The summed E-state index contributed by atoms with van der Waals surface area (Å²) >= 11 is 1.39. The van der Waals surface area contributed by atoms with Crippen LogP contribution < -0.4 is 20.3 Å². The molecule has 0 fully saturated rings. The summed E-state index contributed by atoms with van der Waals surface area (Å²) in [5.74, 6) is 0.559. The summed E-state index contributed by atoms with van der Waals surface area (Å²) in [7, 11) is 1.52. The minimum Gasteiger partial charge on any atom is -0.493 e. The quantitative estimate of drug-likeness (QED) is 0.391. The van der Waals surface area contributed by atoms with E-state index in [4.69, 9.17) is 9.47 Å². The molecule has 0 aliphatic carbocycles. The highest BCUT2D eigenvalue weighted by molar-refractivity contribution is 8.00. The Bertz CT molecular complexity index is 753. The van der Waals surface area contributed by atoms with Gasteiger partial charge in [0.15, 0.2) is 11.5 Å². The van der Waals surface area contributed by atoms with E-state index in [1.807, 2.05) is 30.3 Å². The first kappa shape index (κ1) is 20.6. The molecule has 0 saturated heterocycles. The Kier molecular flexibility index (Phi) is 8.51. The first-order chi connectivity index (χ1) is 13.1. The number of hydrogen-bond donors (Lipinski definition) is 2. The lowest BCUT2D eigenvalue weighted by Gasteiger charge is -2.12. The van der Waals surface area contributed by atoms with E-state index in [-0.39, 0.29) is 11.7 Å². The number of carbonyl (C=O) groups excluding carboxylic acids is 2. The van der Waals surface area contributed by atoms with E-state index in [1.165, 1.54) is 18.9 Å². The highest BCUT2D eigenvalue weighted by atomic mass is 32.2. The molecule has 0 aromatic heterocycles. The predicted molar refractivity (Wildman–Crippen MR) is 106 cm³/mol. The third-order valence-electron chi connectivity index (χ3n) is 3.61. The molecular weight excluding hydrogens is 364 g/mol. The average Bonchev–Trinajstić information content (AvgIpc) is 2.71. The first-order valence-electron chi connectivity index (χ1n) is 8.72. The van der Waals surface area contributed by atoms with Gasteiger partial charge >= 0.3 is 0 Å². The minimum absolute atomic E-state index is 0.206. The molecular formula is C20H24N2O4S. The number of ether oxygens (including phenoxy) is 2. The number of rotatable bonds is 9. The molecule has 6 nitrogen and oxygen atoms in total. The molecule has 144 valence electrons. The van der Waals surface area contributed by atoms with Crippen LogP contribution in [0.5, 0.6) is 11.5 Å². The van der Waals surface area contributed by atoms with Crippen LogP contribution in [0.2, 0.25) is 0 Å². The summed E-state index contributed by atoms with van der Waals surface area (Å²) in [4.78, 5) is 25.1. The van der Waals surface area contributed by atoms with Crippen LogP contribution in [-0.2, 0) is 4.79 Å². The second-order valence-electron chi connectivity index (χ2n) is 5.67. The topological polar surface area (TPSA) is 76.7 Å². The van der Waals surface area contributed by atoms with Crippen molar-refractivity contribution in [2.24, 2.45) is 0 Å². The molecule has 0 bridgehead atoms. The molecule has 0 aliphatic heterocycles. The van der Waals surface area contributed by atoms with Gasteiger partial charge < -0.3 is 9.47 Å². The minimum atomic E-state index is -0.425. The van der Waals surface area contributed by atoms with E-state index in [1.54, 1.807) is 18.2 Å². The predicted octanol–water partition coefficient (Wildman–Crippen LogP) is 3.43. The molecule has 0 radical (unpaired) electrons. The Morgan fingerprint density at radius 2 is 1.81 bits per heavy atom. The summed E-state index contributed by atoms with van der Waals surface area (Å²) in [6, 6.07) is 14.5. The third kappa shape index (κ3) is 6.86. The van der Waals surface area contributed by atoms with Crippen molar-refractivity contribution in [2.75, 3.05) is 19.5 Å². The number of methoxy groups -OCH3 is 1. The zero-order valence-corrected chi connectivity index (χ0v) is 16.3. The van der Waals surface area contributed by atoms with Crippen molar-refractivity contribution in [3.63, 3.8) is 0 Å². The number of nitrogens with one attached hydrogen (secondary N) is 2. The van der Waals surface area contributed by atoms with Crippen LogP contribution in [0.25, 0.3) is 0 Å². The van der Waals surface area contributed by atoms with Gasteiger partial charge in [0.25, 0.3) is 5.91 Å². The Morgan fingerprint density at radius 3 is 2.52 bits per heavy atom. The van der Waals surface area contributed by atoms with Crippen molar-refractivity contribution in [3.05, 3.63) is 54.1 Å². The van der Waals surface area contributed by atoms with Crippen molar-refractivity contribution in [2.45, 2.75) is 24.7 Å². The Balaban J connectivity index is 1.84. The van der Waals surface area contributed by atoms with E-state index in [0.29, 0.717) is 23.7 Å². The lowest BCUT2D eigenvalue weighted by Crippen LogP contribution is -2.42. The van der Waals surface area contributed by atoms with Crippen molar-refractivity contribution in [1.82, 2.24) is 10.9 Å². The van der Waals surface area contributed by atoms with E-state index >= 15 is 0 Å². The molecule has 27 heavy (non-hydrogen) atoms. The van der Waals surface area contributed by atoms with Crippen molar-refractivity contribution in [3.8, 4) is 11.5 Å². The summed E-state index contributed by atoms with van der Waals surface area (Å²) in [6.45, 7) is 2.67. The number of benzene rings is 2. The maximum absolute atomic E-state index is 12.2. The van der Waals surface area contributed by atoms with Crippen LogP contribution in [-0.4, -0.2) is 31.3 Å². The molecule has 0 saturated carbocycles. The Hall–Kier alpha value is -2.67. The monoisotopic (exact) mass is 388 g/mol. The van der Waals surface area contributed by atoms with Gasteiger partial charge in [0, 0.05) is 10.5 Å². The van der Waals surface area contributed by atoms with Crippen LogP contribution in [0.3, 0.4) is 0 Å². The van der Waals surface area contributed by atoms with Gasteiger partial charge in [-0.1, -0.05) is 31.5 Å². The van der Waals surface area contributed by atoms with Gasteiger partial charge in [-0.05, 0) is 36.8 Å². The SMILES string of the molecule is CCCCOc1ccc(C(=O)NNC(=O)CSc2ccccc2)cc1OC. The van der Waals surface area contributed by atoms with Gasteiger partial charge in [-0.25, -0.2) is 0 Å². The molecule has 2 rings (SSSR count). The molecule has 7 heteroatoms. The number of amides is 2. The fourth-order valence-electron chi connectivity index (χ4n) is 2.15. The molecule has 2 aromatic carbocycles. The number of hydrogen-bond acceptors (Lipinski definition) is 5. The molecule has 0 aliphatic rings. The lowest BCUT2D eigenvalue weighted by atomic mass is 10.2. The van der Waals surface area contributed by atoms with Crippen molar-refractivity contribution in [1.29, 1.82) is 0 Å². The van der Waals surface area contributed by atoms with Gasteiger partial charge in [-0.3, -0.25) is 20.4 Å². The van der Waals surface area contributed by atoms with Gasteiger partial charge in [0.1, 0.15) is 0 Å². The smallest absolute Gasteiger partial charge is 0.269 e. The van der Waals surface area contributed by atoms with E-state index in [0.717, 1.165) is 17.7 Å². The van der Waals surface area contributed by atoms with E-state index < -0.39 is 5.91 Å². The zero-order chi connectivity index (χ0) is 19.5. The number of carbonyl (C=O) groups is 2. The highest BCUT2D eigenvalue weighted by Crippen LogP contribution is 2.28. The summed E-state index contributed by atoms with van der Waals surface area (Å²) in [5.41, 5.74) is 5.19. The number of thioether (sulfide) groups is 1. The van der Waals surface area contributed by atoms with Crippen LogP contribution in [0.1, 0.15) is 30.1 Å². The average molecular weight is 388 g/mol. The number of hydrazine groups is 1. The summed E-state index contributed by atoms with van der Waals surface area (Å²) in [6.07, 6.45) is 1.98. The van der Waals surface area contributed by atoms with Crippen LogP contribution in [0.15, 0.2) is 53.4 Å².